The lowest BCUT2D eigenvalue weighted by Crippen LogP contribution is -2.15. The van der Waals surface area contributed by atoms with Crippen LogP contribution in [0.4, 0.5) is 5.69 Å². The highest BCUT2D eigenvalue weighted by Gasteiger charge is 2.05. The van der Waals surface area contributed by atoms with E-state index in [9.17, 15) is 0 Å². The highest BCUT2D eigenvalue weighted by Crippen LogP contribution is 2.24. The fourth-order valence-electron chi connectivity index (χ4n) is 1.79. The van der Waals surface area contributed by atoms with E-state index in [1.54, 1.807) is 0 Å². The lowest BCUT2D eigenvalue weighted by molar-refractivity contribution is 0.615. The number of nitrogens with one attached hydrogen (secondary N) is 1. The van der Waals surface area contributed by atoms with Crippen LogP contribution in [0, 0.1) is 6.92 Å². The molecule has 0 aliphatic rings. The molecule has 0 amide bonds. The summed E-state index contributed by atoms with van der Waals surface area (Å²) in [5.41, 5.74) is 2.30. The molecular weight excluding hydrogens is 218 g/mol. The molecule has 1 N–H and O–H groups in total. The van der Waals surface area contributed by atoms with Gasteiger partial charge >= 0.3 is 0 Å². The quantitative estimate of drug-likeness (QED) is 0.687. The molecule has 0 spiro atoms. The molecule has 1 unspecified atom stereocenters. The van der Waals surface area contributed by atoms with Crippen LogP contribution in [0.15, 0.2) is 18.2 Å². The molecule has 0 saturated carbocycles. The lowest BCUT2D eigenvalue weighted by atomic mass is 10.1. The third-order valence-corrected chi connectivity index (χ3v) is 3.09. The predicted octanol–water partition coefficient (Wildman–Crippen LogP) is 5.03. The average Bonchev–Trinajstić information content (AvgIpc) is 2.24. The monoisotopic (exact) mass is 239 g/mol. The Hall–Kier alpha value is -0.690. The first-order chi connectivity index (χ1) is 7.63. The summed E-state index contributed by atoms with van der Waals surface area (Å²) in [6.07, 6.45) is 5.08. The number of anilines is 1. The molecule has 2 heteroatoms. The minimum Gasteiger partial charge on any atom is -0.381 e. The van der Waals surface area contributed by atoms with E-state index in [0.717, 1.165) is 10.7 Å². The van der Waals surface area contributed by atoms with Gasteiger partial charge < -0.3 is 5.32 Å². The van der Waals surface area contributed by atoms with Gasteiger partial charge in [0.25, 0.3) is 0 Å². The summed E-state index contributed by atoms with van der Waals surface area (Å²) in [6.45, 7) is 6.53. The van der Waals surface area contributed by atoms with Crippen LogP contribution in [0.1, 0.15) is 45.1 Å². The Balaban J connectivity index is 2.48. The second kappa shape index (κ2) is 6.80. The second-order valence-corrected chi connectivity index (χ2v) is 4.93. The summed E-state index contributed by atoms with van der Waals surface area (Å²) in [7, 11) is 0. The van der Waals surface area contributed by atoms with Gasteiger partial charge in [-0.25, -0.2) is 0 Å². The van der Waals surface area contributed by atoms with Crippen LogP contribution in [0.5, 0.6) is 0 Å². The van der Waals surface area contributed by atoms with Crippen LogP contribution in [0.2, 0.25) is 5.02 Å². The highest BCUT2D eigenvalue weighted by atomic mass is 35.5. The van der Waals surface area contributed by atoms with Gasteiger partial charge in [0.05, 0.1) is 10.7 Å². The van der Waals surface area contributed by atoms with Crippen molar-refractivity contribution in [2.24, 2.45) is 0 Å². The summed E-state index contributed by atoms with van der Waals surface area (Å²) in [6, 6.07) is 6.59. The van der Waals surface area contributed by atoms with E-state index in [4.69, 9.17) is 11.6 Å². The standard InChI is InChI=1S/C14H22ClN/c1-4-5-6-7-12(3)16-14-10-11(2)8-9-13(14)15/h8-10,12,16H,4-7H2,1-3H3. The number of rotatable bonds is 6. The van der Waals surface area contributed by atoms with Gasteiger partial charge in [-0.15, -0.1) is 0 Å². The summed E-state index contributed by atoms with van der Waals surface area (Å²) in [5.74, 6) is 0. The van der Waals surface area contributed by atoms with Gasteiger partial charge in [-0.1, -0.05) is 43.9 Å². The van der Waals surface area contributed by atoms with E-state index >= 15 is 0 Å². The zero-order valence-corrected chi connectivity index (χ0v) is 11.3. The minimum absolute atomic E-state index is 0.492. The Morgan fingerprint density at radius 1 is 1.31 bits per heavy atom. The SMILES string of the molecule is CCCCCC(C)Nc1cc(C)ccc1Cl. The zero-order chi connectivity index (χ0) is 12.0. The Bertz CT molecular complexity index is 323. The van der Waals surface area contributed by atoms with Crippen molar-refractivity contribution in [1.29, 1.82) is 0 Å². The van der Waals surface area contributed by atoms with Crippen LogP contribution >= 0.6 is 11.6 Å². The van der Waals surface area contributed by atoms with E-state index in [-0.39, 0.29) is 0 Å². The van der Waals surface area contributed by atoms with Gasteiger partial charge in [-0.3, -0.25) is 0 Å². The molecule has 1 rings (SSSR count). The third kappa shape index (κ3) is 4.44. The largest absolute Gasteiger partial charge is 0.381 e. The maximum absolute atomic E-state index is 6.14. The zero-order valence-electron chi connectivity index (χ0n) is 10.5. The van der Waals surface area contributed by atoms with E-state index in [2.05, 4.69) is 32.2 Å². The van der Waals surface area contributed by atoms with Crippen molar-refractivity contribution in [2.75, 3.05) is 5.32 Å². The number of hydrogen-bond donors (Lipinski definition) is 1. The molecular formula is C14H22ClN. The molecule has 1 nitrogen and oxygen atoms in total. The summed E-state index contributed by atoms with van der Waals surface area (Å²) in [5, 5.41) is 4.29. The van der Waals surface area contributed by atoms with Crippen LogP contribution in [0.3, 0.4) is 0 Å². The normalized spacial score (nSPS) is 12.5. The molecule has 90 valence electrons. The smallest absolute Gasteiger partial charge is 0.0637 e. The molecule has 16 heavy (non-hydrogen) atoms. The summed E-state index contributed by atoms with van der Waals surface area (Å²) in [4.78, 5) is 0. The lowest BCUT2D eigenvalue weighted by Gasteiger charge is -2.16. The minimum atomic E-state index is 0.492. The van der Waals surface area contributed by atoms with E-state index in [1.165, 1.54) is 31.2 Å². The van der Waals surface area contributed by atoms with E-state index < -0.39 is 0 Å². The number of unbranched alkanes of at least 4 members (excludes halogenated alkanes) is 2. The molecule has 0 aromatic heterocycles. The maximum atomic E-state index is 6.14. The Morgan fingerprint density at radius 2 is 2.06 bits per heavy atom. The Labute approximate surface area is 104 Å². The molecule has 1 aromatic carbocycles. The second-order valence-electron chi connectivity index (χ2n) is 4.52. The fraction of sp³-hybridized carbons (Fsp3) is 0.571. The van der Waals surface area contributed by atoms with Gasteiger partial charge in [0.2, 0.25) is 0 Å². The molecule has 1 aromatic rings. The van der Waals surface area contributed by atoms with Crippen molar-refractivity contribution in [3.8, 4) is 0 Å². The first-order valence-corrected chi connectivity index (χ1v) is 6.54. The molecule has 0 bridgehead atoms. The number of halogens is 1. The van der Waals surface area contributed by atoms with Gasteiger partial charge in [0, 0.05) is 6.04 Å². The first-order valence-electron chi connectivity index (χ1n) is 6.16. The molecule has 0 saturated heterocycles. The van der Waals surface area contributed by atoms with Crippen molar-refractivity contribution < 1.29 is 0 Å². The van der Waals surface area contributed by atoms with Crippen molar-refractivity contribution >= 4 is 17.3 Å². The molecule has 0 aliphatic carbocycles. The van der Waals surface area contributed by atoms with E-state index in [1.807, 2.05) is 12.1 Å². The van der Waals surface area contributed by atoms with Gasteiger partial charge in [0.1, 0.15) is 0 Å². The first kappa shape index (κ1) is 13.4. The van der Waals surface area contributed by atoms with Crippen molar-refractivity contribution in [3.63, 3.8) is 0 Å². The maximum Gasteiger partial charge on any atom is 0.0637 e. The van der Waals surface area contributed by atoms with Gasteiger partial charge in [-0.05, 0) is 38.0 Å². The highest BCUT2D eigenvalue weighted by molar-refractivity contribution is 6.33. The van der Waals surface area contributed by atoms with Gasteiger partial charge in [0.15, 0.2) is 0 Å². The van der Waals surface area contributed by atoms with Crippen LogP contribution < -0.4 is 5.32 Å². The van der Waals surface area contributed by atoms with Crippen molar-refractivity contribution in [2.45, 2.75) is 52.5 Å². The number of benzene rings is 1. The average molecular weight is 240 g/mol. The van der Waals surface area contributed by atoms with Crippen LogP contribution in [0.25, 0.3) is 0 Å². The number of aryl methyl sites for hydroxylation is 1. The molecule has 0 fully saturated rings. The van der Waals surface area contributed by atoms with Crippen LogP contribution in [-0.2, 0) is 0 Å². The summed E-state index contributed by atoms with van der Waals surface area (Å²) < 4.78 is 0. The predicted molar refractivity (Wildman–Crippen MR) is 73.4 cm³/mol. The molecule has 0 aliphatic heterocycles. The van der Waals surface area contributed by atoms with Crippen LogP contribution in [-0.4, -0.2) is 6.04 Å². The van der Waals surface area contributed by atoms with Crippen molar-refractivity contribution in [1.82, 2.24) is 0 Å². The number of hydrogen-bond acceptors (Lipinski definition) is 1. The third-order valence-electron chi connectivity index (χ3n) is 2.76. The molecule has 1 atom stereocenters. The molecule has 0 radical (unpaired) electrons. The topological polar surface area (TPSA) is 12.0 Å². The van der Waals surface area contributed by atoms with Gasteiger partial charge in [-0.2, -0.15) is 0 Å². The summed E-state index contributed by atoms with van der Waals surface area (Å²) >= 11 is 6.14. The Morgan fingerprint density at radius 3 is 2.75 bits per heavy atom. The molecule has 0 heterocycles. The fourth-order valence-corrected chi connectivity index (χ4v) is 1.96. The van der Waals surface area contributed by atoms with Crippen molar-refractivity contribution in [3.05, 3.63) is 28.8 Å². The van der Waals surface area contributed by atoms with E-state index in [0.29, 0.717) is 6.04 Å². The Kier molecular flexibility index (Phi) is 5.68.